The summed E-state index contributed by atoms with van der Waals surface area (Å²) < 4.78 is 0. The molecule has 0 saturated heterocycles. The summed E-state index contributed by atoms with van der Waals surface area (Å²) in [6.07, 6.45) is 1.08. The van der Waals surface area contributed by atoms with Crippen LogP contribution in [-0.4, -0.2) is 18.0 Å². The van der Waals surface area contributed by atoms with E-state index in [9.17, 15) is 0 Å². The Morgan fingerprint density at radius 2 is 1.89 bits per heavy atom. The van der Waals surface area contributed by atoms with Crippen molar-refractivity contribution in [2.75, 3.05) is 13.1 Å². The molecule has 0 bridgehead atoms. The van der Waals surface area contributed by atoms with E-state index in [1.54, 1.807) is 0 Å². The second-order valence-electron chi connectivity index (χ2n) is 4.67. The van der Waals surface area contributed by atoms with Crippen LogP contribution in [0.2, 0.25) is 0 Å². The summed E-state index contributed by atoms with van der Waals surface area (Å²) in [4.78, 5) is 3.92. The SMILES string of the molecule is CCN(CCc1ccccc1CN)Cc1cccs1. The fraction of sp³-hybridized carbons (Fsp3) is 0.375. The zero-order valence-corrected chi connectivity index (χ0v) is 12.3. The van der Waals surface area contributed by atoms with Gasteiger partial charge in [0.25, 0.3) is 0 Å². The van der Waals surface area contributed by atoms with E-state index in [0.29, 0.717) is 6.54 Å². The zero-order chi connectivity index (χ0) is 13.5. The maximum Gasteiger partial charge on any atom is 0.0327 e. The van der Waals surface area contributed by atoms with Crippen LogP contribution in [0.4, 0.5) is 0 Å². The average molecular weight is 274 g/mol. The summed E-state index contributed by atoms with van der Waals surface area (Å²) in [7, 11) is 0. The minimum absolute atomic E-state index is 0.632. The molecule has 2 rings (SSSR count). The first-order valence-electron chi connectivity index (χ1n) is 6.85. The fourth-order valence-electron chi connectivity index (χ4n) is 2.25. The summed E-state index contributed by atoms with van der Waals surface area (Å²) in [5.74, 6) is 0. The van der Waals surface area contributed by atoms with Gasteiger partial charge in [-0.1, -0.05) is 37.3 Å². The molecule has 3 heteroatoms. The topological polar surface area (TPSA) is 29.3 Å². The standard InChI is InChI=1S/C16H22N2S/c1-2-18(13-16-8-5-11-19-16)10-9-14-6-3-4-7-15(14)12-17/h3-8,11H,2,9-10,12-13,17H2,1H3. The average Bonchev–Trinajstić information content (AvgIpc) is 2.96. The Bertz CT molecular complexity index is 479. The fourth-order valence-corrected chi connectivity index (χ4v) is 3.00. The van der Waals surface area contributed by atoms with Gasteiger partial charge in [0.15, 0.2) is 0 Å². The first-order chi connectivity index (χ1) is 9.33. The Morgan fingerprint density at radius 3 is 2.53 bits per heavy atom. The summed E-state index contributed by atoms with van der Waals surface area (Å²) in [6, 6.07) is 12.8. The molecule has 0 aliphatic carbocycles. The van der Waals surface area contributed by atoms with Gasteiger partial charge in [0.05, 0.1) is 0 Å². The van der Waals surface area contributed by atoms with Crippen LogP contribution in [0.15, 0.2) is 41.8 Å². The van der Waals surface area contributed by atoms with Gasteiger partial charge >= 0.3 is 0 Å². The summed E-state index contributed by atoms with van der Waals surface area (Å²) >= 11 is 1.83. The maximum atomic E-state index is 5.79. The molecule has 0 aliphatic heterocycles. The molecule has 1 heterocycles. The van der Waals surface area contributed by atoms with Crippen LogP contribution in [0.1, 0.15) is 22.9 Å². The lowest BCUT2D eigenvalue weighted by Crippen LogP contribution is -2.25. The van der Waals surface area contributed by atoms with Crippen LogP contribution < -0.4 is 5.73 Å². The van der Waals surface area contributed by atoms with Crippen molar-refractivity contribution in [3.05, 3.63) is 57.8 Å². The van der Waals surface area contributed by atoms with Gasteiger partial charge in [-0.25, -0.2) is 0 Å². The van der Waals surface area contributed by atoms with Crippen molar-refractivity contribution >= 4 is 11.3 Å². The molecule has 0 fully saturated rings. The molecular weight excluding hydrogens is 252 g/mol. The molecule has 1 aromatic carbocycles. The summed E-state index contributed by atoms with van der Waals surface area (Å²) in [5, 5.41) is 2.15. The molecule has 0 unspecified atom stereocenters. The largest absolute Gasteiger partial charge is 0.326 e. The van der Waals surface area contributed by atoms with Crippen LogP contribution in [0, 0.1) is 0 Å². The van der Waals surface area contributed by atoms with E-state index in [1.807, 2.05) is 11.3 Å². The van der Waals surface area contributed by atoms with E-state index in [2.05, 4.69) is 53.6 Å². The first-order valence-corrected chi connectivity index (χ1v) is 7.73. The number of nitrogens with zero attached hydrogens (tertiary/aromatic N) is 1. The molecule has 0 saturated carbocycles. The minimum Gasteiger partial charge on any atom is -0.326 e. The van der Waals surface area contributed by atoms with Gasteiger partial charge in [0.1, 0.15) is 0 Å². The van der Waals surface area contributed by atoms with Crippen LogP contribution >= 0.6 is 11.3 Å². The first kappa shape index (κ1) is 14.3. The second kappa shape index (κ2) is 7.43. The van der Waals surface area contributed by atoms with E-state index >= 15 is 0 Å². The van der Waals surface area contributed by atoms with E-state index in [0.717, 1.165) is 26.1 Å². The van der Waals surface area contributed by atoms with Crippen molar-refractivity contribution in [1.82, 2.24) is 4.90 Å². The minimum atomic E-state index is 0.632. The van der Waals surface area contributed by atoms with Gasteiger partial charge in [0, 0.05) is 24.5 Å². The van der Waals surface area contributed by atoms with Crippen molar-refractivity contribution in [2.24, 2.45) is 5.73 Å². The third-order valence-corrected chi connectivity index (χ3v) is 4.30. The Kier molecular flexibility index (Phi) is 5.58. The normalized spacial score (nSPS) is 11.1. The molecule has 0 spiro atoms. The number of benzene rings is 1. The molecule has 102 valence electrons. The molecule has 2 nitrogen and oxygen atoms in total. The van der Waals surface area contributed by atoms with Crippen molar-refractivity contribution in [3.8, 4) is 0 Å². The Hall–Kier alpha value is -1.16. The van der Waals surface area contributed by atoms with Crippen molar-refractivity contribution < 1.29 is 0 Å². The van der Waals surface area contributed by atoms with Crippen molar-refractivity contribution in [2.45, 2.75) is 26.4 Å². The number of rotatable bonds is 7. The predicted octanol–water partition coefficient (Wildman–Crippen LogP) is 3.27. The Labute approximate surface area is 119 Å². The number of hydrogen-bond acceptors (Lipinski definition) is 3. The molecule has 0 amide bonds. The molecule has 0 aliphatic rings. The predicted molar refractivity (Wildman–Crippen MR) is 83.3 cm³/mol. The molecular formula is C16H22N2S. The number of likely N-dealkylation sites (N-methyl/N-ethyl adjacent to an activating group) is 1. The molecule has 2 aromatic rings. The van der Waals surface area contributed by atoms with Crippen LogP contribution in [0.5, 0.6) is 0 Å². The molecule has 0 radical (unpaired) electrons. The molecule has 19 heavy (non-hydrogen) atoms. The number of nitrogens with two attached hydrogens (primary N) is 1. The van der Waals surface area contributed by atoms with Gasteiger partial charge in [0.2, 0.25) is 0 Å². The zero-order valence-electron chi connectivity index (χ0n) is 11.5. The van der Waals surface area contributed by atoms with Crippen LogP contribution in [0.3, 0.4) is 0 Å². The van der Waals surface area contributed by atoms with Crippen molar-refractivity contribution in [3.63, 3.8) is 0 Å². The molecule has 0 atom stereocenters. The van der Waals surface area contributed by atoms with E-state index in [-0.39, 0.29) is 0 Å². The van der Waals surface area contributed by atoms with E-state index < -0.39 is 0 Å². The highest BCUT2D eigenvalue weighted by Crippen LogP contribution is 2.13. The highest BCUT2D eigenvalue weighted by Gasteiger charge is 2.06. The Morgan fingerprint density at radius 1 is 1.11 bits per heavy atom. The van der Waals surface area contributed by atoms with E-state index in [1.165, 1.54) is 16.0 Å². The number of hydrogen-bond donors (Lipinski definition) is 1. The quantitative estimate of drug-likeness (QED) is 0.839. The van der Waals surface area contributed by atoms with Crippen LogP contribution in [-0.2, 0) is 19.5 Å². The van der Waals surface area contributed by atoms with E-state index in [4.69, 9.17) is 5.73 Å². The maximum absolute atomic E-state index is 5.79. The smallest absolute Gasteiger partial charge is 0.0327 e. The third kappa shape index (κ3) is 4.16. The van der Waals surface area contributed by atoms with Gasteiger partial charge in [-0.15, -0.1) is 11.3 Å². The van der Waals surface area contributed by atoms with Crippen LogP contribution in [0.25, 0.3) is 0 Å². The number of thiophene rings is 1. The van der Waals surface area contributed by atoms with Crippen molar-refractivity contribution in [1.29, 1.82) is 0 Å². The van der Waals surface area contributed by atoms with Gasteiger partial charge in [-0.2, -0.15) is 0 Å². The van der Waals surface area contributed by atoms with Gasteiger partial charge in [-0.05, 0) is 35.5 Å². The monoisotopic (exact) mass is 274 g/mol. The highest BCUT2D eigenvalue weighted by atomic mass is 32.1. The summed E-state index contributed by atoms with van der Waals surface area (Å²) in [6.45, 7) is 6.09. The lowest BCUT2D eigenvalue weighted by molar-refractivity contribution is 0.286. The summed E-state index contributed by atoms with van der Waals surface area (Å²) in [5.41, 5.74) is 8.44. The lowest BCUT2D eigenvalue weighted by atomic mass is 10.0. The second-order valence-corrected chi connectivity index (χ2v) is 5.70. The Balaban J connectivity index is 1.92. The molecule has 2 N–H and O–H groups in total. The third-order valence-electron chi connectivity index (χ3n) is 3.44. The molecule has 1 aromatic heterocycles. The highest BCUT2D eigenvalue weighted by molar-refractivity contribution is 7.09. The van der Waals surface area contributed by atoms with Gasteiger partial charge < -0.3 is 5.73 Å². The van der Waals surface area contributed by atoms with Gasteiger partial charge in [-0.3, -0.25) is 4.90 Å². The lowest BCUT2D eigenvalue weighted by Gasteiger charge is -2.20.